The second-order valence-corrected chi connectivity index (χ2v) is 6.59. The molecule has 0 aromatic heterocycles. The molecule has 0 radical (unpaired) electrons. The predicted molar refractivity (Wildman–Crippen MR) is 103 cm³/mol. The van der Waals surface area contributed by atoms with Crippen LogP contribution in [0.1, 0.15) is 11.1 Å². The molecular weight excluding hydrogens is 347 g/mol. The van der Waals surface area contributed by atoms with Crippen LogP contribution >= 0.6 is 0 Å². The number of aryl methyl sites for hydroxylation is 1. The highest BCUT2D eigenvalue weighted by atomic mass is 19.1. The van der Waals surface area contributed by atoms with Crippen LogP contribution in [0.2, 0.25) is 0 Å². The number of hydrogen-bond acceptors (Lipinski definition) is 4. The molecule has 0 atom stereocenters. The van der Waals surface area contributed by atoms with Crippen LogP contribution in [-0.4, -0.2) is 31.4 Å². The van der Waals surface area contributed by atoms with Crippen LogP contribution < -0.4 is 20.9 Å². The van der Waals surface area contributed by atoms with Gasteiger partial charge in [-0.2, -0.15) is 0 Å². The molecule has 0 bridgehead atoms. The van der Waals surface area contributed by atoms with Gasteiger partial charge in [0.15, 0.2) is 0 Å². The van der Waals surface area contributed by atoms with Gasteiger partial charge in [0.25, 0.3) is 5.91 Å². The number of nitrogens with zero attached hydrogens (tertiary/aromatic N) is 1. The van der Waals surface area contributed by atoms with Crippen molar-refractivity contribution in [3.05, 3.63) is 59.5 Å². The quantitative estimate of drug-likeness (QED) is 0.730. The Hall–Kier alpha value is -3.35. The number of anilines is 3. The second-order valence-electron chi connectivity index (χ2n) is 6.59. The van der Waals surface area contributed by atoms with Gasteiger partial charge >= 0.3 is 0 Å². The molecule has 6 nitrogen and oxygen atoms in total. The highest BCUT2D eigenvalue weighted by Crippen LogP contribution is 2.34. The van der Waals surface area contributed by atoms with Gasteiger partial charge in [0.2, 0.25) is 5.91 Å². The van der Waals surface area contributed by atoms with Crippen molar-refractivity contribution in [3.8, 4) is 0 Å². The molecule has 7 heteroatoms. The Morgan fingerprint density at radius 3 is 2.85 bits per heavy atom. The van der Waals surface area contributed by atoms with Gasteiger partial charge in [-0.15, -0.1) is 0 Å². The van der Waals surface area contributed by atoms with E-state index in [0.29, 0.717) is 30.0 Å². The number of carbonyl (C=O) groups excluding carboxylic acids is 2. The first-order chi connectivity index (χ1) is 13.0. The monoisotopic (exact) mass is 366 g/mol. The van der Waals surface area contributed by atoms with Gasteiger partial charge in [-0.1, -0.05) is 12.1 Å². The molecule has 4 rings (SSSR count). The summed E-state index contributed by atoms with van der Waals surface area (Å²) >= 11 is 0. The summed E-state index contributed by atoms with van der Waals surface area (Å²) in [4.78, 5) is 25.4. The zero-order valence-corrected chi connectivity index (χ0v) is 14.8. The smallest absolute Gasteiger partial charge is 0.257 e. The number of carbonyl (C=O) groups is 2. The van der Waals surface area contributed by atoms with E-state index in [1.54, 1.807) is 23.2 Å². The molecule has 2 aliphatic rings. The van der Waals surface area contributed by atoms with Gasteiger partial charge in [0.05, 0.1) is 17.8 Å². The summed E-state index contributed by atoms with van der Waals surface area (Å²) in [5.41, 5.74) is 4.05. The number of benzene rings is 2. The van der Waals surface area contributed by atoms with Crippen molar-refractivity contribution in [2.75, 3.05) is 35.2 Å². The van der Waals surface area contributed by atoms with Crippen molar-refractivity contribution in [2.45, 2.75) is 6.92 Å². The number of rotatable bonds is 3. The fraction of sp³-hybridized carbons (Fsp3) is 0.200. The Morgan fingerprint density at radius 2 is 2.07 bits per heavy atom. The lowest BCUT2D eigenvalue weighted by Gasteiger charge is -2.29. The molecule has 2 heterocycles. The molecule has 2 amide bonds. The maximum absolute atomic E-state index is 14.5. The zero-order chi connectivity index (χ0) is 19.0. The lowest BCUT2D eigenvalue weighted by Crippen LogP contribution is -2.48. The number of nitrogens with one attached hydrogen (secondary N) is 3. The summed E-state index contributed by atoms with van der Waals surface area (Å²) in [7, 11) is 0. The normalized spacial score (nSPS) is 17.6. The highest BCUT2D eigenvalue weighted by molar-refractivity contribution is 6.32. The van der Waals surface area contributed by atoms with E-state index >= 15 is 0 Å². The van der Waals surface area contributed by atoms with Crippen LogP contribution in [0.25, 0.3) is 5.57 Å². The first kappa shape index (κ1) is 17.1. The van der Waals surface area contributed by atoms with Crippen LogP contribution in [0.3, 0.4) is 0 Å². The third-order valence-electron chi connectivity index (χ3n) is 4.74. The van der Waals surface area contributed by atoms with E-state index in [1.807, 2.05) is 25.1 Å². The van der Waals surface area contributed by atoms with Gasteiger partial charge in [-0.3, -0.25) is 9.59 Å². The molecule has 1 saturated heterocycles. The van der Waals surface area contributed by atoms with Gasteiger partial charge in [0, 0.05) is 36.2 Å². The summed E-state index contributed by atoms with van der Waals surface area (Å²) in [5, 5.41) is 8.55. The number of amides is 2. The van der Waals surface area contributed by atoms with Crippen molar-refractivity contribution < 1.29 is 14.0 Å². The summed E-state index contributed by atoms with van der Waals surface area (Å²) in [6.45, 7) is 3.15. The lowest BCUT2D eigenvalue weighted by atomic mass is 10.0. The molecule has 3 N–H and O–H groups in total. The largest absolute Gasteiger partial charge is 0.361 e. The number of piperazine rings is 1. The lowest BCUT2D eigenvalue weighted by molar-refractivity contribution is -0.120. The van der Waals surface area contributed by atoms with Crippen LogP contribution in [-0.2, 0) is 9.59 Å². The number of hydrogen-bond donors (Lipinski definition) is 3. The Bertz CT molecular complexity index is 970. The molecule has 0 unspecified atom stereocenters. The minimum absolute atomic E-state index is 0.117. The highest BCUT2D eigenvalue weighted by Gasteiger charge is 2.25. The average Bonchev–Trinajstić information content (AvgIpc) is 2.96. The Kier molecular flexibility index (Phi) is 4.27. The summed E-state index contributed by atoms with van der Waals surface area (Å²) in [5.74, 6) is -0.724. The fourth-order valence-corrected chi connectivity index (χ4v) is 3.42. The fourth-order valence-electron chi connectivity index (χ4n) is 3.42. The van der Waals surface area contributed by atoms with E-state index in [0.717, 1.165) is 16.8 Å². The van der Waals surface area contributed by atoms with Crippen molar-refractivity contribution in [1.82, 2.24) is 5.32 Å². The van der Waals surface area contributed by atoms with Gasteiger partial charge in [-0.05, 0) is 36.8 Å². The van der Waals surface area contributed by atoms with E-state index in [9.17, 15) is 14.0 Å². The molecule has 1 fully saturated rings. The molecule has 27 heavy (non-hydrogen) atoms. The third-order valence-corrected chi connectivity index (χ3v) is 4.74. The van der Waals surface area contributed by atoms with Crippen LogP contribution in [0.4, 0.5) is 21.5 Å². The minimum atomic E-state index is -0.416. The molecule has 138 valence electrons. The van der Waals surface area contributed by atoms with Crippen molar-refractivity contribution in [3.63, 3.8) is 0 Å². The van der Waals surface area contributed by atoms with Crippen LogP contribution in [0.15, 0.2) is 42.6 Å². The Morgan fingerprint density at radius 1 is 1.22 bits per heavy atom. The topological polar surface area (TPSA) is 73.5 Å². The SMILES string of the molecule is Cc1cccc2c1/C(=C\Nc1ccc(N3CCNC(=O)C3)c(F)c1)C(=O)N2. The Labute approximate surface area is 156 Å². The van der Waals surface area contributed by atoms with Gasteiger partial charge < -0.3 is 20.9 Å². The molecule has 2 aromatic carbocycles. The maximum atomic E-state index is 14.5. The Balaban J connectivity index is 1.56. The van der Waals surface area contributed by atoms with Gasteiger partial charge in [-0.25, -0.2) is 4.39 Å². The molecule has 2 aliphatic heterocycles. The van der Waals surface area contributed by atoms with Crippen molar-refractivity contribution in [1.29, 1.82) is 0 Å². The van der Waals surface area contributed by atoms with Crippen molar-refractivity contribution >= 4 is 34.4 Å². The molecule has 2 aromatic rings. The van der Waals surface area contributed by atoms with Crippen LogP contribution in [0.5, 0.6) is 0 Å². The minimum Gasteiger partial charge on any atom is -0.361 e. The number of halogens is 1. The predicted octanol–water partition coefficient (Wildman–Crippen LogP) is 2.48. The van der Waals surface area contributed by atoms with Crippen LogP contribution in [0, 0.1) is 12.7 Å². The van der Waals surface area contributed by atoms with E-state index < -0.39 is 5.82 Å². The first-order valence-corrected chi connectivity index (χ1v) is 8.72. The second kappa shape index (κ2) is 6.75. The summed E-state index contributed by atoms with van der Waals surface area (Å²) < 4.78 is 14.5. The first-order valence-electron chi connectivity index (χ1n) is 8.72. The average molecular weight is 366 g/mol. The molecule has 0 spiro atoms. The standard InChI is InChI=1S/C20H19FN4O2/c1-12-3-2-4-16-19(12)14(20(27)24-16)10-23-13-5-6-17(15(21)9-13)25-8-7-22-18(26)11-25/h2-6,9-10,23H,7-8,11H2,1H3,(H,22,26)(H,24,27)/b14-10+. The molecule has 0 saturated carbocycles. The molecular formula is C20H19FN4O2. The van der Waals surface area contributed by atoms with E-state index in [4.69, 9.17) is 0 Å². The molecule has 0 aliphatic carbocycles. The summed E-state index contributed by atoms with van der Waals surface area (Å²) in [6, 6.07) is 10.4. The summed E-state index contributed by atoms with van der Waals surface area (Å²) in [6.07, 6.45) is 1.59. The zero-order valence-electron chi connectivity index (χ0n) is 14.8. The van der Waals surface area contributed by atoms with E-state index in [-0.39, 0.29) is 18.4 Å². The van der Waals surface area contributed by atoms with E-state index in [2.05, 4.69) is 16.0 Å². The maximum Gasteiger partial charge on any atom is 0.257 e. The van der Waals surface area contributed by atoms with Gasteiger partial charge in [0.1, 0.15) is 5.82 Å². The third kappa shape index (κ3) is 3.23. The van der Waals surface area contributed by atoms with Crippen molar-refractivity contribution in [2.24, 2.45) is 0 Å². The van der Waals surface area contributed by atoms with E-state index in [1.165, 1.54) is 6.07 Å². The number of fused-ring (bicyclic) bond motifs is 1.